The van der Waals surface area contributed by atoms with Gasteiger partial charge in [0.05, 0.1) is 17.1 Å². The maximum atomic E-state index is 12.4. The molecule has 27 heavy (non-hydrogen) atoms. The fourth-order valence-electron chi connectivity index (χ4n) is 3.92. The first kappa shape index (κ1) is 19.2. The van der Waals surface area contributed by atoms with E-state index in [2.05, 4.69) is 48.4 Å². The summed E-state index contributed by atoms with van der Waals surface area (Å²) >= 11 is 0. The van der Waals surface area contributed by atoms with Crippen LogP contribution < -0.4 is 12.4 Å². The number of aromatic nitrogens is 2. The molecule has 1 saturated heterocycles. The summed E-state index contributed by atoms with van der Waals surface area (Å²) in [7, 11) is 0. The van der Waals surface area contributed by atoms with Crippen molar-refractivity contribution in [3.05, 3.63) is 78.6 Å². The number of likely N-dealkylation sites (tertiary alicyclic amines) is 1. The summed E-state index contributed by atoms with van der Waals surface area (Å²) in [6.45, 7) is 7.27. The number of hydrogen-bond acceptors (Lipinski definition) is 2. The van der Waals surface area contributed by atoms with Crippen molar-refractivity contribution in [2.24, 2.45) is 0 Å². The summed E-state index contributed by atoms with van der Waals surface area (Å²) in [5.41, 5.74) is 3.34. The van der Waals surface area contributed by atoms with E-state index in [-0.39, 0.29) is 30.3 Å². The highest BCUT2D eigenvalue weighted by Crippen LogP contribution is 2.34. The van der Waals surface area contributed by atoms with E-state index in [1.807, 2.05) is 29.2 Å². The highest BCUT2D eigenvalue weighted by atomic mass is 35.5. The normalized spacial score (nSPS) is 17.7. The van der Waals surface area contributed by atoms with Gasteiger partial charge in [0, 0.05) is 25.4 Å². The number of imidazole rings is 1. The zero-order valence-corrected chi connectivity index (χ0v) is 16.1. The molecule has 0 N–H and O–H groups in total. The van der Waals surface area contributed by atoms with Crippen molar-refractivity contribution in [3.8, 4) is 0 Å². The molecule has 1 aliphatic heterocycles. The smallest absolute Gasteiger partial charge is 0.223 e. The van der Waals surface area contributed by atoms with Crippen LogP contribution in [-0.2, 0) is 4.79 Å². The third-order valence-corrected chi connectivity index (χ3v) is 5.22. The molecule has 3 aromatic rings. The van der Waals surface area contributed by atoms with Gasteiger partial charge in [-0.15, -0.1) is 6.58 Å². The van der Waals surface area contributed by atoms with Gasteiger partial charge in [-0.2, -0.15) is 0 Å². The van der Waals surface area contributed by atoms with Gasteiger partial charge < -0.3 is 21.9 Å². The molecular weight excluding hydrogens is 358 g/mol. The van der Waals surface area contributed by atoms with Crippen molar-refractivity contribution in [2.75, 3.05) is 13.1 Å². The van der Waals surface area contributed by atoms with Crippen LogP contribution in [0, 0.1) is 0 Å². The fourth-order valence-corrected chi connectivity index (χ4v) is 3.92. The molecule has 4 rings (SSSR count). The minimum Gasteiger partial charge on any atom is -1.00 e. The van der Waals surface area contributed by atoms with Crippen LogP contribution in [0.15, 0.2) is 67.3 Å². The molecule has 5 heteroatoms. The number of fused-ring (bicyclic) bond motifs is 1. The minimum atomic E-state index is 0. The molecule has 1 aromatic heterocycles. The molecule has 0 spiro atoms. The summed E-state index contributed by atoms with van der Waals surface area (Å²) in [6.07, 6.45) is 2.30. The predicted molar refractivity (Wildman–Crippen MR) is 104 cm³/mol. The molecule has 4 nitrogen and oxygen atoms in total. The highest BCUT2D eigenvalue weighted by molar-refractivity contribution is 5.81. The first-order chi connectivity index (χ1) is 12.7. The lowest BCUT2D eigenvalue weighted by Crippen LogP contribution is -3.00. The second kappa shape index (κ2) is 7.97. The fraction of sp³-hybridized carbons (Fsp3) is 0.273. The van der Waals surface area contributed by atoms with Gasteiger partial charge >= 0.3 is 0 Å². The standard InChI is InChI=1S/C22H23N3O.ClH/c1-3-13-24-15-18(14-21(24)26)22-23-19-11-7-8-12-20(19)25(22)16(2)17-9-5-4-6-10-17;/h3-12,16,18H,1,13-15H2,2H3;1H/p-1. The highest BCUT2D eigenvalue weighted by Gasteiger charge is 2.34. The Morgan fingerprint density at radius 1 is 1.19 bits per heavy atom. The molecular formula is C22H23ClN3O-. The molecule has 0 aliphatic carbocycles. The Balaban J connectivity index is 0.00000210. The van der Waals surface area contributed by atoms with Crippen molar-refractivity contribution in [2.45, 2.75) is 25.3 Å². The minimum absolute atomic E-state index is 0. The summed E-state index contributed by atoms with van der Waals surface area (Å²) in [6, 6.07) is 18.8. The van der Waals surface area contributed by atoms with Crippen molar-refractivity contribution in [1.82, 2.24) is 14.5 Å². The number of carbonyl (C=O) groups excluding carboxylic acids is 1. The van der Waals surface area contributed by atoms with Crippen LogP contribution >= 0.6 is 0 Å². The molecule has 2 heterocycles. The van der Waals surface area contributed by atoms with E-state index >= 15 is 0 Å². The van der Waals surface area contributed by atoms with Crippen LogP contribution in [0.4, 0.5) is 0 Å². The van der Waals surface area contributed by atoms with Gasteiger partial charge in [-0.1, -0.05) is 48.5 Å². The number of amides is 1. The Morgan fingerprint density at radius 2 is 1.89 bits per heavy atom. The largest absolute Gasteiger partial charge is 1.00 e. The van der Waals surface area contributed by atoms with Crippen LogP contribution in [-0.4, -0.2) is 33.4 Å². The van der Waals surface area contributed by atoms with E-state index in [1.165, 1.54) is 5.56 Å². The van der Waals surface area contributed by atoms with Crippen LogP contribution in [0.3, 0.4) is 0 Å². The second-order valence-corrected chi connectivity index (χ2v) is 6.90. The third kappa shape index (κ3) is 3.50. The van der Waals surface area contributed by atoms with Crippen molar-refractivity contribution >= 4 is 16.9 Å². The Kier molecular flexibility index (Phi) is 5.66. The van der Waals surface area contributed by atoms with E-state index in [1.54, 1.807) is 6.08 Å². The van der Waals surface area contributed by atoms with Crippen LogP contribution in [0.5, 0.6) is 0 Å². The molecule has 1 fully saturated rings. The van der Waals surface area contributed by atoms with Gasteiger partial charge in [0.1, 0.15) is 5.82 Å². The Labute approximate surface area is 165 Å². The summed E-state index contributed by atoms with van der Waals surface area (Å²) in [5.74, 6) is 1.30. The van der Waals surface area contributed by atoms with Gasteiger partial charge in [-0.25, -0.2) is 4.98 Å². The number of benzene rings is 2. The lowest BCUT2D eigenvalue weighted by atomic mass is 10.0. The number of halogens is 1. The average molecular weight is 381 g/mol. The van der Waals surface area contributed by atoms with Crippen LogP contribution in [0.2, 0.25) is 0 Å². The van der Waals surface area contributed by atoms with Crippen LogP contribution in [0.1, 0.15) is 36.7 Å². The predicted octanol–water partition coefficient (Wildman–Crippen LogP) is 1.15. The van der Waals surface area contributed by atoms with Gasteiger partial charge in [0.25, 0.3) is 0 Å². The number of carbonyl (C=O) groups is 1. The monoisotopic (exact) mass is 380 g/mol. The van der Waals surface area contributed by atoms with Crippen LogP contribution in [0.25, 0.3) is 11.0 Å². The van der Waals surface area contributed by atoms with Gasteiger partial charge in [0.2, 0.25) is 5.91 Å². The molecule has 140 valence electrons. The summed E-state index contributed by atoms with van der Waals surface area (Å²) in [4.78, 5) is 19.2. The molecule has 0 saturated carbocycles. The number of rotatable bonds is 5. The van der Waals surface area contributed by atoms with E-state index < -0.39 is 0 Å². The SMILES string of the molecule is C=CCN1CC(c2nc3ccccc3n2C(C)c2ccccc2)CC1=O.[Cl-]. The molecule has 1 aliphatic rings. The van der Waals surface area contributed by atoms with Crippen molar-refractivity contribution in [3.63, 3.8) is 0 Å². The Hall–Kier alpha value is -2.59. The average Bonchev–Trinajstić information content (AvgIpc) is 3.23. The first-order valence-electron chi connectivity index (χ1n) is 9.09. The topological polar surface area (TPSA) is 38.1 Å². The molecule has 2 aromatic carbocycles. The quantitative estimate of drug-likeness (QED) is 0.623. The van der Waals surface area contributed by atoms with Crippen molar-refractivity contribution in [1.29, 1.82) is 0 Å². The van der Waals surface area contributed by atoms with Crippen molar-refractivity contribution < 1.29 is 17.2 Å². The zero-order valence-electron chi connectivity index (χ0n) is 15.4. The van der Waals surface area contributed by atoms with E-state index in [4.69, 9.17) is 4.98 Å². The zero-order chi connectivity index (χ0) is 18.1. The number of hydrogen-bond donors (Lipinski definition) is 0. The lowest BCUT2D eigenvalue weighted by Gasteiger charge is -2.21. The Morgan fingerprint density at radius 3 is 2.63 bits per heavy atom. The summed E-state index contributed by atoms with van der Waals surface area (Å²) in [5, 5.41) is 0. The molecule has 2 unspecified atom stereocenters. The van der Waals surface area contributed by atoms with Gasteiger partial charge in [0.15, 0.2) is 0 Å². The molecule has 2 atom stereocenters. The molecule has 0 bridgehead atoms. The third-order valence-electron chi connectivity index (χ3n) is 5.22. The molecule has 0 radical (unpaired) electrons. The maximum Gasteiger partial charge on any atom is 0.223 e. The molecule has 1 amide bonds. The Bertz CT molecular complexity index is 951. The lowest BCUT2D eigenvalue weighted by molar-refractivity contribution is -0.127. The summed E-state index contributed by atoms with van der Waals surface area (Å²) < 4.78 is 2.31. The van der Waals surface area contributed by atoms with E-state index in [0.29, 0.717) is 19.5 Å². The van der Waals surface area contributed by atoms with E-state index in [9.17, 15) is 4.79 Å². The number of para-hydroxylation sites is 2. The number of nitrogens with zero attached hydrogens (tertiary/aromatic N) is 3. The van der Waals surface area contributed by atoms with Gasteiger partial charge in [-0.3, -0.25) is 4.79 Å². The van der Waals surface area contributed by atoms with Gasteiger partial charge in [-0.05, 0) is 24.6 Å². The first-order valence-corrected chi connectivity index (χ1v) is 9.09. The van der Waals surface area contributed by atoms with E-state index in [0.717, 1.165) is 16.9 Å². The maximum absolute atomic E-state index is 12.4. The second-order valence-electron chi connectivity index (χ2n) is 6.90.